The topological polar surface area (TPSA) is 102 Å². The third kappa shape index (κ3) is 6.59. The number of imidazole rings is 1. The molecule has 3 rings (SSSR count). The molecule has 34 heavy (non-hydrogen) atoms. The Morgan fingerprint density at radius 3 is 2.47 bits per heavy atom. The fraction of sp³-hybridized carbons (Fsp3) is 0.385. The van der Waals surface area contributed by atoms with Gasteiger partial charge in [0, 0.05) is 37.0 Å². The predicted octanol–water partition coefficient (Wildman–Crippen LogP) is 4.27. The Labute approximate surface area is 205 Å². The number of rotatable bonds is 10. The summed E-state index contributed by atoms with van der Waals surface area (Å²) >= 11 is 6.28. The molecule has 0 bridgehead atoms. The highest BCUT2D eigenvalue weighted by atomic mass is 35.5. The van der Waals surface area contributed by atoms with Crippen LogP contribution in [0.3, 0.4) is 0 Å². The van der Waals surface area contributed by atoms with Crippen LogP contribution in [0.1, 0.15) is 55.0 Å². The predicted molar refractivity (Wildman–Crippen MR) is 135 cm³/mol. The molecule has 1 heterocycles. The molecule has 182 valence electrons. The van der Waals surface area contributed by atoms with E-state index in [1.54, 1.807) is 18.2 Å². The maximum atomic E-state index is 12.8. The molecule has 7 nitrogen and oxygen atoms in total. The largest absolute Gasteiger partial charge is 0.489 e. The van der Waals surface area contributed by atoms with Gasteiger partial charge in [-0.05, 0) is 57.4 Å². The summed E-state index contributed by atoms with van der Waals surface area (Å²) in [5.41, 5.74) is 9.32. The molecular weight excluding hydrogens is 452 g/mol. The van der Waals surface area contributed by atoms with Crippen LogP contribution in [0.25, 0.3) is 11.3 Å². The van der Waals surface area contributed by atoms with Crippen LogP contribution in [0.5, 0.6) is 5.75 Å². The van der Waals surface area contributed by atoms with Gasteiger partial charge in [0.25, 0.3) is 5.91 Å². The van der Waals surface area contributed by atoms with Gasteiger partial charge in [-0.25, -0.2) is 4.98 Å². The summed E-state index contributed by atoms with van der Waals surface area (Å²) in [7, 11) is 1.93. The van der Waals surface area contributed by atoms with Crippen LogP contribution in [-0.4, -0.2) is 39.3 Å². The van der Waals surface area contributed by atoms with E-state index in [1.807, 2.05) is 62.8 Å². The summed E-state index contributed by atoms with van der Waals surface area (Å²) in [4.78, 5) is 17.5. The molecule has 2 aromatic carbocycles. The molecule has 0 spiro atoms. The minimum atomic E-state index is -0.245. The summed E-state index contributed by atoms with van der Waals surface area (Å²) in [6.07, 6.45) is 2.97. The number of nitrogens with two attached hydrogens (primary N) is 1. The average Bonchev–Trinajstić information content (AvgIpc) is 3.17. The van der Waals surface area contributed by atoms with E-state index in [0.29, 0.717) is 29.2 Å². The number of nitrogens with zero attached hydrogens (tertiary/aromatic N) is 2. The summed E-state index contributed by atoms with van der Waals surface area (Å²) in [5, 5.41) is 12.9. The minimum Gasteiger partial charge on any atom is -0.489 e. The number of carbonyl (C=O) groups is 1. The van der Waals surface area contributed by atoms with Gasteiger partial charge in [0.15, 0.2) is 0 Å². The van der Waals surface area contributed by atoms with E-state index < -0.39 is 0 Å². The van der Waals surface area contributed by atoms with Gasteiger partial charge in [0.1, 0.15) is 11.6 Å². The Kier molecular flexibility index (Phi) is 8.72. The van der Waals surface area contributed by atoms with Crippen LogP contribution >= 0.6 is 11.6 Å². The highest BCUT2D eigenvalue weighted by Crippen LogP contribution is 2.27. The number of aliphatic hydroxyl groups excluding tert-OH is 1. The number of benzene rings is 2. The second kappa shape index (κ2) is 11.5. The summed E-state index contributed by atoms with van der Waals surface area (Å²) < 4.78 is 7.57. The first-order chi connectivity index (χ1) is 16.2. The van der Waals surface area contributed by atoms with E-state index in [9.17, 15) is 9.90 Å². The molecule has 0 fully saturated rings. The summed E-state index contributed by atoms with van der Waals surface area (Å²) in [6, 6.07) is 12.7. The van der Waals surface area contributed by atoms with Crippen LogP contribution in [0.2, 0.25) is 5.02 Å². The van der Waals surface area contributed by atoms with Gasteiger partial charge in [-0.3, -0.25) is 4.79 Å². The van der Waals surface area contributed by atoms with Crippen molar-refractivity contribution in [2.45, 2.75) is 51.8 Å². The maximum Gasteiger partial charge on any atom is 0.251 e. The number of carbonyl (C=O) groups excluding carboxylic acids is 1. The molecule has 1 amide bonds. The van der Waals surface area contributed by atoms with Crippen LogP contribution in [0, 0.1) is 0 Å². The van der Waals surface area contributed by atoms with Crippen molar-refractivity contribution in [3.05, 3.63) is 70.6 Å². The van der Waals surface area contributed by atoms with E-state index in [0.717, 1.165) is 22.6 Å². The maximum absolute atomic E-state index is 12.8. The number of hydrogen-bond acceptors (Lipinski definition) is 5. The third-order valence-corrected chi connectivity index (χ3v) is 5.72. The molecule has 0 radical (unpaired) electrons. The van der Waals surface area contributed by atoms with Crippen LogP contribution in [0.15, 0.2) is 48.7 Å². The number of amides is 1. The van der Waals surface area contributed by atoms with Crippen molar-refractivity contribution in [3.63, 3.8) is 0 Å². The van der Waals surface area contributed by atoms with Crippen LogP contribution in [-0.2, 0) is 13.5 Å². The highest BCUT2D eigenvalue weighted by Gasteiger charge is 2.17. The molecule has 2 unspecified atom stereocenters. The number of aliphatic hydroxyl groups is 1. The van der Waals surface area contributed by atoms with Crippen LogP contribution < -0.4 is 15.8 Å². The summed E-state index contributed by atoms with van der Waals surface area (Å²) in [6.45, 7) is 5.71. The zero-order valence-corrected chi connectivity index (χ0v) is 20.8. The highest BCUT2D eigenvalue weighted by molar-refractivity contribution is 6.32. The fourth-order valence-electron chi connectivity index (χ4n) is 3.78. The van der Waals surface area contributed by atoms with Gasteiger partial charge in [-0.1, -0.05) is 35.9 Å². The number of aryl methyl sites for hydroxylation is 1. The van der Waals surface area contributed by atoms with E-state index >= 15 is 0 Å². The molecule has 2 atom stereocenters. The normalized spacial score (nSPS) is 13.1. The van der Waals surface area contributed by atoms with Crippen molar-refractivity contribution in [1.29, 1.82) is 0 Å². The average molecular weight is 485 g/mol. The lowest BCUT2D eigenvalue weighted by Crippen LogP contribution is -2.37. The number of nitrogens with one attached hydrogen (secondary N) is 1. The first kappa shape index (κ1) is 25.7. The standard InChI is InChI=1S/C26H33ClN4O3/c1-16(2)34-24-10-9-20(14-22(24)27)26(33)29-21(11-12-32)13-18-5-7-19(8-6-18)23-15-31(4)25(30-23)17(3)28/h5-10,14-17,21,32H,11-13,28H2,1-4H3,(H,29,33). The van der Waals surface area contributed by atoms with Gasteiger partial charge in [0.05, 0.1) is 22.9 Å². The third-order valence-electron chi connectivity index (χ3n) is 5.42. The van der Waals surface area contributed by atoms with Gasteiger partial charge in [-0.15, -0.1) is 0 Å². The van der Waals surface area contributed by atoms with E-state index in [4.69, 9.17) is 22.1 Å². The molecular formula is C26H33ClN4O3. The van der Waals surface area contributed by atoms with Crippen molar-refractivity contribution < 1.29 is 14.6 Å². The molecule has 0 aliphatic rings. The zero-order valence-electron chi connectivity index (χ0n) is 20.1. The molecule has 0 aliphatic heterocycles. The quantitative estimate of drug-likeness (QED) is 0.399. The molecule has 0 saturated carbocycles. The SMILES string of the molecule is CC(C)Oc1ccc(C(=O)NC(CCO)Cc2ccc(-c3cn(C)c(C(C)N)n3)cc2)cc1Cl. The van der Waals surface area contributed by atoms with Crippen molar-refractivity contribution in [2.75, 3.05) is 6.61 Å². The monoisotopic (exact) mass is 484 g/mol. The lowest BCUT2D eigenvalue weighted by Gasteiger charge is -2.19. The fourth-order valence-corrected chi connectivity index (χ4v) is 4.01. The Hall–Kier alpha value is -2.87. The molecule has 0 saturated heterocycles. The first-order valence-corrected chi connectivity index (χ1v) is 11.8. The summed E-state index contributed by atoms with van der Waals surface area (Å²) in [5.74, 6) is 1.12. The van der Waals surface area contributed by atoms with E-state index in [-0.39, 0.29) is 30.7 Å². The second-order valence-corrected chi connectivity index (χ2v) is 9.19. The molecule has 1 aromatic heterocycles. The smallest absolute Gasteiger partial charge is 0.251 e. The molecule has 3 aromatic rings. The van der Waals surface area contributed by atoms with E-state index in [2.05, 4.69) is 10.3 Å². The second-order valence-electron chi connectivity index (χ2n) is 8.78. The van der Waals surface area contributed by atoms with E-state index in [1.165, 1.54) is 0 Å². The number of aromatic nitrogens is 2. The number of hydrogen-bond donors (Lipinski definition) is 3. The van der Waals surface area contributed by atoms with Gasteiger partial charge in [0.2, 0.25) is 0 Å². The lowest BCUT2D eigenvalue weighted by atomic mass is 10.0. The Morgan fingerprint density at radius 1 is 1.21 bits per heavy atom. The van der Waals surface area contributed by atoms with Crippen molar-refractivity contribution in [2.24, 2.45) is 12.8 Å². The Morgan fingerprint density at radius 2 is 1.91 bits per heavy atom. The molecule has 4 N–H and O–H groups in total. The first-order valence-electron chi connectivity index (χ1n) is 11.4. The van der Waals surface area contributed by atoms with Crippen molar-refractivity contribution >= 4 is 17.5 Å². The van der Waals surface area contributed by atoms with Gasteiger partial charge in [-0.2, -0.15) is 0 Å². The van der Waals surface area contributed by atoms with Gasteiger partial charge >= 0.3 is 0 Å². The Balaban J connectivity index is 1.68. The number of halogens is 1. The Bertz CT molecular complexity index is 1110. The molecule has 0 aliphatic carbocycles. The van der Waals surface area contributed by atoms with Crippen molar-refractivity contribution in [1.82, 2.24) is 14.9 Å². The van der Waals surface area contributed by atoms with Crippen molar-refractivity contribution in [3.8, 4) is 17.0 Å². The van der Waals surface area contributed by atoms with Gasteiger partial charge < -0.3 is 25.5 Å². The minimum absolute atomic E-state index is 0.0126. The molecule has 8 heteroatoms. The lowest BCUT2D eigenvalue weighted by molar-refractivity contribution is 0.0930. The zero-order chi connectivity index (χ0) is 24.8. The number of ether oxygens (including phenoxy) is 1. The van der Waals surface area contributed by atoms with Crippen LogP contribution in [0.4, 0.5) is 0 Å².